The number of nitrogens with zero attached hydrogens (tertiary/aromatic N) is 3. The Morgan fingerprint density at radius 1 is 1.11 bits per heavy atom. The SMILES string of the molecule is Cc1ccc(N2C(=O)/C(=C/c3cc(C)n(-c4sc5c(c4C#N)CCCC5)c3C)C(=O)NC2=S)cc1. The van der Waals surface area contributed by atoms with E-state index in [4.69, 9.17) is 12.2 Å². The van der Waals surface area contributed by atoms with Crippen LogP contribution in [0, 0.1) is 32.1 Å². The summed E-state index contributed by atoms with van der Waals surface area (Å²) < 4.78 is 2.07. The molecule has 0 bridgehead atoms. The second kappa shape index (κ2) is 8.91. The number of hydrogen-bond donors (Lipinski definition) is 1. The summed E-state index contributed by atoms with van der Waals surface area (Å²) in [5.74, 6) is -0.978. The van der Waals surface area contributed by atoms with Crippen LogP contribution in [-0.4, -0.2) is 21.5 Å². The summed E-state index contributed by atoms with van der Waals surface area (Å²) in [6.45, 7) is 5.89. The number of amides is 2. The zero-order chi connectivity index (χ0) is 24.9. The Morgan fingerprint density at radius 2 is 1.83 bits per heavy atom. The van der Waals surface area contributed by atoms with Crippen LogP contribution >= 0.6 is 23.6 Å². The molecule has 2 aliphatic rings. The number of aromatic nitrogens is 1. The molecule has 0 spiro atoms. The molecule has 0 saturated carbocycles. The molecule has 2 amide bonds. The van der Waals surface area contributed by atoms with Gasteiger partial charge in [0.15, 0.2) is 5.11 Å². The third-order valence-corrected chi connectivity index (χ3v) is 8.19. The highest BCUT2D eigenvalue weighted by molar-refractivity contribution is 7.80. The summed E-state index contributed by atoms with van der Waals surface area (Å²) in [6, 6.07) is 11.8. The van der Waals surface area contributed by atoms with Crippen LogP contribution in [0.5, 0.6) is 0 Å². The summed E-state index contributed by atoms with van der Waals surface area (Å²) in [6.07, 6.45) is 5.83. The molecule has 176 valence electrons. The second-order valence-corrected chi connectivity index (χ2v) is 10.4. The molecule has 3 aromatic rings. The van der Waals surface area contributed by atoms with E-state index < -0.39 is 11.8 Å². The lowest BCUT2D eigenvalue weighted by Crippen LogP contribution is -2.54. The van der Waals surface area contributed by atoms with Crippen molar-refractivity contribution in [1.82, 2.24) is 9.88 Å². The van der Waals surface area contributed by atoms with Gasteiger partial charge in [-0.15, -0.1) is 11.3 Å². The Kier molecular flexibility index (Phi) is 5.91. The molecule has 1 N–H and O–H groups in total. The molecule has 5 rings (SSSR count). The Morgan fingerprint density at radius 3 is 2.54 bits per heavy atom. The van der Waals surface area contributed by atoms with E-state index in [9.17, 15) is 14.9 Å². The van der Waals surface area contributed by atoms with Gasteiger partial charge in [-0.05, 0) is 94.1 Å². The number of carbonyl (C=O) groups excluding carboxylic acids is 2. The van der Waals surface area contributed by atoms with Crippen LogP contribution in [0.15, 0.2) is 35.9 Å². The van der Waals surface area contributed by atoms with E-state index in [1.807, 2.05) is 51.1 Å². The third kappa shape index (κ3) is 3.91. The minimum Gasteiger partial charge on any atom is -0.308 e. The number of thiophene rings is 1. The predicted octanol–water partition coefficient (Wildman–Crippen LogP) is 5.05. The summed E-state index contributed by atoms with van der Waals surface area (Å²) in [7, 11) is 0. The summed E-state index contributed by atoms with van der Waals surface area (Å²) in [4.78, 5) is 28.8. The van der Waals surface area contributed by atoms with Crippen LogP contribution in [0.3, 0.4) is 0 Å². The third-order valence-electron chi connectivity index (χ3n) is 6.63. The lowest BCUT2D eigenvalue weighted by atomic mass is 9.96. The quantitative estimate of drug-likeness (QED) is 0.310. The molecule has 8 heteroatoms. The molecule has 1 aromatic carbocycles. The van der Waals surface area contributed by atoms with Crippen LogP contribution in [0.2, 0.25) is 0 Å². The molecule has 6 nitrogen and oxygen atoms in total. The van der Waals surface area contributed by atoms with Crippen molar-refractivity contribution in [1.29, 1.82) is 5.26 Å². The van der Waals surface area contributed by atoms with Crippen molar-refractivity contribution in [2.24, 2.45) is 0 Å². The Labute approximate surface area is 213 Å². The van der Waals surface area contributed by atoms with Crippen LogP contribution in [-0.2, 0) is 22.4 Å². The number of anilines is 1. The largest absolute Gasteiger partial charge is 0.308 e. The van der Waals surface area contributed by atoms with Crippen LogP contribution in [0.25, 0.3) is 11.1 Å². The summed E-state index contributed by atoms with van der Waals surface area (Å²) in [5, 5.41) is 13.6. The molecule has 1 aliphatic carbocycles. The van der Waals surface area contributed by atoms with Crippen LogP contribution in [0.4, 0.5) is 5.69 Å². The maximum Gasteiger partial charge on any atom is 0.270 e. The zero-order valence-corrected chi connectivity index (χ0v) is 21.4. The van der Waals surface area contributed by atoms with E-state index >= 15 is 0 Å². The average molecular weight is 501 g/mol. The minimum absolute atomic E-state index is 0.0189. The van der Waals surface area contributed by atoms with Crippen molar-refractivity contribution in [3.8, 4) is 11.1 Å². The van der Waals surface area contributed by atoms with Crippen molar-refractivity contribution in [2.75, 3.05) is 4.90 Å². The molecular formula is C27H24N4O2S2. The molecule has 2 aromatic heterocycles. The fraction of sp³-hybridized carbons (Fsp3) is 0.259. The van der Waals surface area contributed by atoms with Crippen LogP contribution in [0.1, 0.15) is 51.4 Å². The van der Waals surface area contributed by atoms with Gasteiger partial charge < -0.3 is 4.57 Å². The Hall–Kier alpha value is -3.54. The molecule has 0 atom stereocenters. The van der Waals surface area contributed by atoms with Gasteiger partial charge in [-0.25, -0.2) is 0 Å². The monoisotopic (exact) mass is 500 g/mol. The van der Waals surface area contributed by atoms with E-state index in [1.54, 1.807) is 17.4 Å². The first-order chi connectivity index (χ1) is 16.8. The van der Waals surface area contributed by atoms with E-state index in [-0.39, 0.29) is 10.7 Å². The van der Waals surface area contributed by atoms with Crippen LogP contribution < -0.4 is 10.2 Å². The molecule has 1 fully saturated rings. The number of fused-ring (bicyclic) bond motifs is 1. The lowest BCUT2D eigenvalue weighted by Gasteiger charge is -2.29. The second-order valence-electron chi connectivity index (χ2n) is 8.96. The number of rotatable bonds is 3. The average Bonchev–Trinajstić information content (AvgIpc) is 3.33. The van der Waals surface area contributed by atoms with Crippen molar-refractivity contribution in [2.45, 2.75) is 46.5 Å². The first-order valence-corrected chi connectivity index (χ1v) is 12.7. The molecular weight excluding hydrogens is 476 g/mol. The van der Waals surface area contributed by atoms with Crippen molar-refractivity contribution < 1.29 is 9.59 Å². The molecule has 0 radical (unpaired) electrons. The highest BCUT2D eigenvalue weighted by Gasteiger charge is 2.35. The molecule has 1 aliphatic heterocycles. The van der Waals surface area contributed by atoms with Crippen molar-refractivity contribution in [3.05, 3.63) is 74.4 Å². The van der Waals surface area contributed by atoms with Gasteiger partial charge >= 0.3 is 0 Å². The molecule has 35 heavy (non-hydrogen) atoms. The van der Waals surface area contributed by atoms with Gasteiger partial charge in [0.2, 0.25) is 0 Å². The van der Waals surface area contributed by atoms with E-state index in [1.165, 1.54) is 15.3 Å². The van der Waals surface area contributed by atoms with Crippen molar-refractivity contribution in [3.63, 3.8) is 0 Å². The van der Waals surface area contributed by atoms with Crippen molar-refractivity contribution >= 4 is 52.2 Å². The first kappa shape index (κ1) is 23.2. The van der Waals surface area contributed by atoms with Gasteiger partial charge in [0.05, 0.1) is 11.3 Å². The summed E-state index contributed by atoms with van der Waals surface area (Å²) >= 11 is 6.99. The van der Waals surface area contributed by atoms with Gasteiger partial charge in [0, 0.05) is 16.3 Å². The van der Waals surface area contributed by atoms with Gasteiger partial charge in [0.1, 0.15) is 16.6 Å². The maximum atomic E-state index is 13.4. The Bertz CT molecular complexity index is 1470. The first-order valence-electron chi connectivity index (χ1n) is 11.5. The van der Waals surface area contributed by atoms with Gasteiger partial charge in [-0.3, -0.25) is 19.8 Å². The smallest absolute Gasteiger partial charge is 0.270 e. The number of thiocarbonyl (C=S) groups is 1. The summed E-state index contributed by atoms with van der Waals surface area (Å²) in [5.41, 5.74) is 6.18. The highest BCUT2D eigenvalue weighted by Crippen LogP contribution is 2.38. The topological polar surface area (TPSA) is 78.1 Å². The molecule has 0 unspecified atom stereocenters. The predicted molar refractivity (Wildman–Crippen MR) is 142 cm³/mol. The van der Waals surface area contributed by atoms with Gasteiger partial charge in [-0.1, -0.05) is 17.7 Å². The van der Waals surface area contributed by atoms with Gasteiger partial charge in [0.25, 0.3) is 11.8 Å². The lowest BCUT2D eigenvalue weighted by molar-refractivity contribution is -0.122. The minimum atomic E-state index is -0.516. The fourth-order valence-corrected chi connectivity index (χ4v) is 6.54. The van der Waals surface area contributed by atoms with E-state index in [0.29, 0.717) is 5.69 Å². The number of carbonyl (C=O) groups is 2. The number of nitriles is 1. The standard InChI is InChI=1S/C27H24N4O2S2/c1-15-8-10-19(11-9-15)31-25(33)21(24(32)29-27(31)34)13-18-12-16(2)30(17(18)3)26-22(14-28)20-6-4-5-7-23(20)35-26/h8-13H,4-7H2,1-3H3,(H,29,32,34)/b21-13+. The molecule has 1 saturated heterocycles. The number of aryl methyl sites for hydroxylation is 3. The normalized spacial score (nSPS) is 16.9. The molecule has 3 heterocycles. The number of benzene rings is 1. The Balaban J connectivity index is 1.57. The van der Waals surface area contributed by atoms with Gasteiger partial charge in [-0.2, -0.15) is 5.26 Å². The highest BCUT2D eigenvalue weighted by atomic mass is 32.1. The maximum absolute atomic E-state index is 13.4. The van der Waals surface area contributed by atoms with E-state index in [2.05, 4.69) is 16.0 Å². The fourth-order valence-electron chi connectivity index (χ4n) is 4.81. The van der Waals surface area contributed by atoms with E-state index in [0.717, 1.165) is 58.8 Å². The number of nitrogens with one attached hydrogen (secondary N) is 1. The zero-order valence-electron chi connectivity index (χ0n) is 19.8. The number of hydrogen-bond acceptors (Lipinski definition) is 5.